The Balaban J connectivity index is 2.05. The van der Waals surface area contributed by atoms with E-state index in [-0.39, 0.29) is 5.91 Å². The SMILES string of the molecule is O=C(Nc1cccnc1)[C@H]1CCCC[C@H]1C(=O)O. The molecule has 1 amide bonds. The molecular formula is C13H16N2O3. The van der Waals surface area contributed by atoms with Crippen molar-refractivity contribution in [2.24, 2.45) is 11.8 Å². The van der Waals surface area contributed by atoms with Crippen molar-refractivity contribution in [2.45, 2.75) is 25.7 Å². The van der Waals surface area contributed by atoms with Gasteiger partial charge in [-0.05, 0) is 25.0 Å². The van der Waals surface area contributed by atoms with Crippen LogP contribution in [-0.2, 0) is 9.59 Å². The summed E-state index contributed by atoms with van der Waals surface area (Å²) in [6, 6.07) is 3.47. The number of carboxylic acid groups (broad SMARTS) is 1. The van der Waals surface area contributed by atoms with Crippen LogP contribution in [0.25, 0.3) is 0 Å². The van der Waals surface area contributed by atoms with Crippen LogP contribution in [-0.4, -0.2) is 22.0 Å². The van der Waals surface area contributed by atoms with Crippen LogP contribution in [0.5, 0.6) is 0 Å². The van der Waals surface area contributed by atoms with Crippen molar-refractivity contribution in [3.63, 3.8) is 0 Å². The van der Waals surface area contributed by atoms with Crippen molar-refractivity contribution in [1.82, 2.24) is 4.98 Å². The zero-order chi connectivity index (χ0) is 13.0. The third-order valence-corrected chi connectivity index (χ3v) is 3.35. The number of carbonyl (C=O) groups is 2. The molecule has 0 spiro atoms. The van der Waals surface area contributed by atoms with Gasteiger partial charge in [-0.3, -0.25) is 14.6 Å². The summed E-state index contributed by atoms with van der Waals surface area (Å²) in [4.78, 5) is 27.1. The van der Waals surface area contributed by atoms with Gasteiger partial charge in [0.05, 0.1) is 23.7 Å². The molecule has 2 N–H and O–H groups in total. The highest BCUT2D eigenvalue weighted by molar-refractivity contribution is 5.95. The van der Waals surface area contributed by atoms with Crippen molar-refractivity contribution in [3.05, 3.63) is 24.5 Å². The third-order valence-electron chi connectivity index (χ3n) is 3.35. The zero-order valence-electron chi connectivity index (χ0n) is 10.0. The predicted molar refractivity (Wildman–Crippen MR) is 66.0 cm³/mol. The Labute approximate surface area is 105 Å². The van der Waals surface area contributed by atoms with Crippen molar-refractivity contribution < 1.29 is 14.7 Å². The Bertz CT molecular complexity index is 433. The maximum Gasteiger partial charge on any atom is 0.307 e. The van der Waals surface area contributed by atoms with Crippen LogP contribution >= 0.6 is 0 Å². The predicted octanol–water partition coefficient (Wildman–Crippen LogP) is 1.91. The normalized spacial score (nSPS) is 23.3. The monoisotopic (exact) mass is 248 g/mol. The topological polar surface area (TPSA) is 79.3 Å². The lowest BCUT2D eigenvalue weighted by Gasteiger charge is -2.27. The van der Waals surface area contributed by atoms with Crippen LogP contribution in [0.15, 0.2) is 24.5 Å². The van der Waals surface area contributed by atoms with Gasteiger partial charge in [-0.25, -0.2) is 0 Å². The minimum atomic E-state index is -0.874. The maximum atomic E-state index is 12.1. The maximum absolute atomic E-state index is 12.1. The molecule has 0 radical (unpaired) electrons. The number of amides is 1. The van der Waals surface area contributed by atoms with Gasteiger partial charge in [-0.15, -0.1) is 0 Å². The average Bonchev–Trinajstić information content (AvgIpc) is 2.40. The molecular weight excluding hydrogens is 232 g/mol. The second kappa shape index (κ2) is 5.62. The number of hydrogen-bond donors (Lipinski definition) is 2. The van der Waals surface area contributed by atoms with Gasteiger partial charge in [0, 0.05) is 6.20 Å². The summed E-state index contributed by atoms with van der Waals surface area (Å²) in [5.41, 5.74) is 0.609. The van der Waals surface area contributed by atoms with Gasteiger partial charge < -0.3 is 10.4 Å². The minimum absolute atomic E-state index is 0.213. The lowest BCUT2D eigenvalue weighted by atomic mass is 9.78. The Morgan fingerprint density at radius 3 is 2.61 bits per heavy atom. The summed E-state index contributed by atoms with van der Waals surface area (Å²) in [7, 11) is 0. The summed E-state index contributed by atoms with van der Waals surface area (Å²) in [5.74, 6) is -2.08. The number of anilines is 1. The quantitative estimate of drug-likeness (QED) is 0.856. The number of carboxylic acids is 1. The molecule has 1 heterocycles. The van der Waals surface area contributed by atoms with Gasteiger partial charge in [-0.1, -0.05) is 12.8 Å². The van der Waals surface area contributed by atoms with E-state index in [0.717, 1.165) is 12.8 Å². The molecule has 0 aliphatic heterocycles. The number of hydrogen-bond acceptors (Lipinski definition) is 3. The fraction of sp³-hybridized carbons (Fsp3) is 0.462. The molecule has 96 valence electrons. The van der Waals surface area contributed by atoms with E-state index in [2.05, 4.69) is 10.3 Å². The lowest BCUT2D eigenvalue weighted by Crippen LogP contribution is -2.36. The smallest absolute Gasteiger partial charge is 0.307 e. The molecule has 1 fully saturated rings. The highest BCUT2D eigenvalue weighted by atomic mass is 16.4. The van der Waals surface area contributed by atoms with E-state index in [4.69, 9.17) is 5.11 Å². The lowest BCUT2D eigenvalue weighted by molar-refractivity contribution is -0.147. The fourth-order valence-electron chi connectivity index (χ4n) is 2.41. The largest absolute Gasteiger partial charge is 0.481 e. The highest BCUT2D eigenvalue weighted by Crippen LogP contribution is 2.31. The molecule has 1 aliphatic carbocycles. The van der Waals surface area contributed by atoms with E-state index in [9.17, 15) is 9.59 Å². The van der Waals surface area contributed by atoms with E-state index < -0.39 is 17.8 Å². The molecule has 0 saturated heterocycles. The van der Waals surface area contributed by atoms with E-state index in [1.54, 1.807) is 24.5 Å². The first kappa shape index (κ1) is 12.5. The van der Waals surface area contributed by atoms with E-state index >= 15 is 0 Å². The number of aromatic nitrogens is 1. The summed E-state index contributed by atoms with van der Waals surface area (Å²) in [6.45, 7) is 0. The Morgan fingerprint density at radius 2 is 2.00 bits per heavy atom. The fourth-order valence-corrected chi connectivity index (χ4v) is 2.41. The second-order valence-corrected chi connectivity index (χ2v) is 4.57. The van der Waals surface area contributed by atoms with Crippen molar-refractivity contribution in [3.8, 4) is 0 Å². The molecule has 0 aromatic carbocycles. The first-order chi connectivity index (χ1) is 8.68. The van der Waals surface area contributed by atoms with Crippen molar-refractivity contribution in [2.75, 3.05) is 5.32 Å². The minimum Gasteiger partial charge on any atom is -0.481 e. The van der Waals surface area contributed by atoms with Gasteiger partial charge in [0.15, 0.2) is 0 Å². The molecule has 1 aliphatic rings. The van der Waals surface area contributed by atoms with E-state index in [1.807, 2.05) is 0 Å². The molecule has 2 rings (SSSR count). The van der Waals surface area contributed by atoms with Crippen LogP contribution < -0.4 is 5.32 Å². The first-order valence-electron chi connectivity index (χ1n) is 6.12. The molecule has 0 bridgehead atoms. The summed E-state index contributed by atoms with van der Waals surface area (Å²) < 4.78 is 0. The Kier molecular flexibility index (Phi) is 3.92. The van der Waals surface area contributed by atoms with Gasteiger partial charge >= 0.3 is 5.97 Å². The van der Waals surface area contributed by atoms with Gasteiger partial charge in [0.2, 0.25) is 5.91 Å². The van der Waals surface area contributed by atoms with Crippen LogP contribution in [0.2, 0.25) is 0 Å². The highest BCUT2D eigenvalue weighted by Gasteiger charge is 2.35. The van der Waals surface area contributed by atoms with Crippen LogP contribution in [0.1, 0.15) is 25.7 Å². The number of pyridine rings is 1. The van der Waals surface area contributed by atoms with Gasteiger partial charge in [0.25, 0.3) is 0 Å². The standard InChI is InChI=1S/C13H16N2O3/c16-12(15-9-4-3-7-14-8-9)10-5-1-2-6-11(10)13(17)18/h3-4,7-8,10-11H,1-2,5-6H2,(H,15,16)(H,17,18)/t10-,11+/m0/s1. The number of aliphatic carboxylic acids is 1. The molecule has 18 heavy (non-hydrogen) atoms. The zero-order valence-corrected chi connectivity index (χ0v) is 10.0. The Hall–Kier alpha value is -1.91. The molecule has 1 saturated carbocycles. The Morgan fingerprint density at radius 1 is 1.28 bits per heavy atom. The first-order valence-corrected chi connectivity index (χ1v) is 6.12. The number of nitrogens with zero attached hydrogens (tertiary/aromatic N) is 1. The molecule has 5 heteroatoms. The van der Waals surface area contributed by atoms with Crippen molar-refractivity contribution in [1.29, 1.82) is 0 Å². The van der Waals surface area contributed by atoms with Crippen LogP contribution in [0.3, 0.4) is 0 Å². The molecule has 0 unspecified atom stereocenters. The van der Waals surface area contributed by atoms with Crippen molar-refractivity contribution >= 4 is 17.6 Å². The number of nitrogens with one attached hydrogen (secondary N) is 1. The third kappa shape index (κ3) is 2.85. The van der Waals surface area contributed by atoms with Gasteiger partial charge in [0.1, 0.15) is 0 Å². The molecule has 5 nitrogen and oxygen atoms in total. The molecule has 1 aromatic rings. The van der Waals surface area contributed by atoms with E-state index in [0.29, 0.717) is 18.5 Å². The van der Waals surface area contributed by atoms with Gasteiger partial charge in [-0.2, -0.15) is 0 Å². The average molecular weight is 248 g/mol. The number of rotatable bonds is 3. The number of carbonyl (C=O) groups excluding carboxylic acids is 1. The summed E-state index contributed by atoms with van der Waals surface area (Å²) in [5, 5.41) is 11.9. The molecule has 2 atom stereocenters. The second-order valence-electron chi connectivity index (χ2n) is 4.57. The summed E-state index contributed by atoms with van der Waals surface area (Å²) >= 11 is 0. The van der Waals surface area contributed by atoms with Crippen LogP contribution in [0.4, 0.5) is 5.69 Å². The summed E-state index contributed by atoms with van der Waals surface area (Å²) in [6.07, 6.45) is 6.19. The van der Waals surface area contributed by atoms with Crippen LogP contribution in [0, 0.1) is 11.8 Å². The molecule has 1 aromatic heterocycles. The van der Waals surface area contributed by atoms with E-state index in [1.165, 1.54) is 0 Å².